The first-order valence-electron chi connectivity index (χ1n) is 5.52. The molecule has 18 heavy (non-hydrogen) atoms. The molecule has 2 rings (SSSR count). The van der Waals surface area contributed by atoms with E-state index in [2.05, 4.69) is 9.97 Å². The van der Waals surface area contributed by atoms with Crippen LogP contribution >= 0.6 is 11.6 Å². The summed E-state index contributed by atoms with van der Waals surface area (Å²) in [5.41, 5.74) is 9.21. The summed E-state index contributed by atoms with van der Waals surface area (Å²) in [6.45, 7) is 5.82. The molecule has 0 aliphatic heterocycles. The summed E-state index contributed by atoms with van der Waals surface area (Å²) in [5, 5.41) is 0.125. The van der Waals surface area contributed by atoms with E-state index >= 15 is 0 Å². The Morgan fingerprint density at radius 3 is 2.50 bits per heavy atom. The Bertz CT molecular complexity index is 599. The molecule has 2 aromatic rings. The first-order valence-corrected chi connectivity index (χ1v) is 5.90. The minimum atomic E-state index is 0.125. The van der Waals surface area contributed by atoms with Crippen molar-refractivity contribution in [2.75, 3.05) is 5.73 Å². The first-order chi connectivity index (χ1) is 8.47. The summed E-state index contributed by atoms with van der Waals surface area (Å²) in [6, 6.07) is 5.78. The lowest BCUT2D eigenvalue weighted by molar-refractivity contribution is 0.463. The standard InChI is InChI=1S/C13H14ClN3O/c1-7-4-5-10(6-8(7)2)18-12-11(15)9(3)16-13(14)17-12/h4-6H,15H2,1-3H3. The van der Waals surface area contributed by atoms with Crippen LogP contribution in [0.1, 0.15) is 16.8 Å². The average molecular weight is 264 g/mol. The Labute approximate surface area is 111 Å². The summed E-state index contributed by atoms with van der Waals surface area (Å²) >= 11 is 5.79. The highest BCUT2D eigenvalue weighted by Gasteiger charge is 2.10. The van der Waals surface area contributed by atoms with Gasteiger partial charge in [0.15, 0.2) is 0 Å². The molecule has 0 unspecified atom stereocenters. The van der Waals surface area contributed by atoms with Crippen LogP contribution in [0.5, 0.6) is 11.6 Å². The van der Waals surface area contributed by atoms with Gasteiger partial charge in [0, 0.05) is 0 Å². The van der Waals surface area contributed by atoms with E-state index in [0.29, 0.717) is 17.1 Å². The molecule has 0 saturated carbocycles. The van der Waals surface area contributed by atoms with Crippen molar-refractivity contribution < 1.29 is 4.74 Å². The van der Waals surface area contributed by atoms with E-state index in [1.54, 1.807) is 6.92 Å². The van der Waals surface area contributed by atoms with E-state index in [1.165, 1.54) is 5.56 Å². The van der Waals surface area contributed by atoms with Gasteiger partial charge in [0.05, 0.1) is 5.69 Å². The summed E-state index contributed by atoms with van der Waals surface area (Å²) in [7, 11) is 0. The number of halogens is 1. The van der Waals surface area contributed by atoms with Gasteiger partial charge >= 0.3 is 0 Å². The second-order valence-corrected chi connectivity index (χ2v) is 4.48. The van der Waals surface area contributed by atoms with Crippen LogP contribution in [-0.4, -0.2) is 9.97 Å². The van der Waals surface area contributed by atoms with Gasteiger partial charge in [-0.3, -0.25) is 0 Å². The molecule has 0 bridgehead atoms. The summed E-state index contributed by atoms with van der Waals surface area (Å²) in [4.78, 5) is 7.94. The molecule has 0 radical (unpaired) electrons. The van der Waals surface area contributed by atoms with Gasteiger partial charge in [-0.2, -0.15) is 4.98 Å². The zero-order valence-electron chi connectivity index (χ0n) is 10.5. The molecule has 0 aliphatic rings. The van der Waals surface area contributed by atoms with Crippen LogP contribution in [0.2, 0.25) is 5.28 Å². The van der Waals surface area contributed by atoms with Crippen molar-refractivity contribution in [3.8, 4) is 11.6 Å². The van der Waals surface area contributed by atoms with Gasteiger partial charge in [-0.05, 0) is 55.6 Å². The molecule has 1 aromatic carbocycles. The molecule has 4 nitrogen and oxygen atoms in total. The number of nitrogens with two attached hydrogens (primary N) is 1. The number of ether oxygens (including phenoxy) is 1. The molecule has 0 spiro atoms. The van der Waals surface area contributed by atoms with E-state index in [9.17, 15) is 0 Å². The highest BCUT2D eigenvalue weighted by Crippen LogP contribution is 2.29. The average Bonchev–Trinajstić information content (AvgIpc) is 2.30. The van der Waals surface area contributed by atoms with Crippen molar-refractivity contribution in [3.05, 3.63) is 40.3 Å². The molecule has 94 valence electrons. The fourth-order valence-electron chi connectivity index (χ4n) is 1.49. The van der Waals surface area contributed by atoms with Crippen LogP contribution in [0.25, 0.3) is 0 Å². The van der Waals surface area contributed by atoms with E-state index in [0.717, 1.165) is 5.56 Å². The van der Waals surface area contributed by atoms with Crippen molar-refractivity contribution in [1.29, 1.82) is 0 Å². The predicted octanol–water partition coefficient (Wildman–Crippen LogP) is 3.43. The maximum Gasteiger partial charge on any atom is 0.247 e. The number of benzene rings is 1. The first kappa shape index (κ1) is 12.6. The van der Waals surface area contributed by atoms with Gasteiger partial charge in [-0.15, -0.1) is 0 Å². The van der Waals surface area contributed by atoms with Crippen molar-refractivity contribution in [2.45, 2.75) is 20.8 Å². The van der Waals surface area contributed by atoms with E-state index in [4.69, 9.17) is 22.1 Å². The largest absolute Gasteiger partial charge is 0.437 e. The molecule has 0 saturated heterocycles. The molecule has 0 atom stereocenters. The number of rotatable bonds is 2. The number of hydrogen-bond acceptors (Lipinski definition) is 4. The summed E-state index contributed by atoms with van der Waals surface area (Å²) in [5.74, 6) is 0.967. The monoisotopic (exact) mass is 263 g/mol. The third-order valence-electron chi connectivity index (χ3n) is 2.77. The van der Waals surface area contributed by atoms with E-state index in [1.807, 2.05) is 32.0 Å². The van der Waals surface area contributed by atoms with Crippen molar-refractivity contribution >= 4 is 17.3 Å². The van der Waals surface area contributed by atoms with E-state index < -0.39 is 0 Å². The number of aryl methyl sites for hydroxylation is 3. The van der Waals surface area contributed by atoms with Crippen molar-refractivity contribution in [2.24, 2.45) is 0 Å². The van der Waals surface area contributed by atoms with Gasteiger partial charge in [-0.1, -0.05) is 6.07 Å². The number of aromatic nitrogens is 2. The predicted molar refractivity (Wildman–Crippen MR) is 72.2 cm³/mol. The Morgan fingerprint density at radius 2 is 1.83 bits per heavy atom. The number of nitrogen functional groups attached to an aromatic ring is 1. The lowest BCUT2D eigenvalue weighted by Crippen LogP contribution is -2.01. The van der Waals surface area contributed by atoms with Crippen molar-refractivity contribution in [1.82, 2.24) is 9.97 Å². The summed E-state index contributed by atoms with van der Waals surface area (Å²) < 4.78 is 5.65. The maximum absolute atomic E-state index is 5.86. The second kappa shape index (κ2) is 4.82. The molecule has 5 heteroatoms. The minimum Gasteiger partial charge on any atom is -0.437 e. The number of hydrogen-bond donors (Lipinski definition) is 1. The normalized spacial score (nSPS) is 10.4. The van der Waals surface area contributed by atoms with Gasteiger partial charge in [0.2, 0.25) is 11.2 Å². The third kappa shape index (κ3) is 2.54. The van der Waals surface area contributed by atoms with Gasteiger partial charge < -0.3 is 10.5 Å². The maximum atomic E-state index is 5.86. The van der Waals surface area contributed by atoms with Crippen LogP contribution in [-0.2, 0) is 0 Å². The van der Waals surface area contributed by atoms with Gasteiger partial charge in [0.25, 0.3) is 0 Å². The van der Waals surface area contributed by atoms with Crippen LogP contribution in [0, 0.1) is 20.8 Å². The molecular formula is C13H14ClN3O. The molecule has 2 N–H and O–H groups in total. The number of nitrogens with zero attached hydrogens (tertiary/aromatic N) is 2. The Morgan fingerprint density at radius 1 is 1.11 bits per heavy atom. The van der Waals surface area contributed by atoms with Crippen LogP contribution in [0.3, 0.4) is 0 Å². The van der Waals surface area contributed by atoms with E-state index in [-0.39, 0.29) is 11.2 Å². The number of anilines is 1. The quantitative estimate of drug-likeness (QED) is 0.844. The van der Waals surface area contributed by atoms with Crippen LogP contribution in [0.4, 0.5) is 5.69 Å². The minimum absolute atomic E-state index is 0.125. The zero-order chi connectivity index (χ0) is 13.3. The molecule has 1 aromatic heterocycles. The molecule has 0 amide bonds. The Hall–Kier alpha value is -1.81. The van der Waals surface area contributed by atoms with Crippen LogP contribution in [0.15, 0.2) is 18.2 Å². The molecular weight excluding hydrogens is 250 g/mol. The molecule has 0 aliphatic carbocycles. The highest BCUT2D eigenvalue weighted by molar-refractivity contribution is 6.28. The zero-order valence-corrected chi connectivity index (χ0v) is 11.2. The topological polar surface area (TPSA) is 61.0 Å². The SMILES string of the molecule is Cc1ccc(Oc2nc(Cl)nc(C)c2N)cc1C. The Balaban J connectivity index is 2.36. The smallest absolute Gasteiger partial charge is 0.247 e. The lowest BCUT2D eigenvalue weighted by Gasteiger charge is -2.10. The van der Waals surface area contributed by atoms with Crippen LogP contribution < -0.4 is 10.5 Å². The molecule has 1 heterocycles. The molecule has 0 fully saturated rings. The summed E-state index contributed by atoms with van der Waals surface area (Å²) in [6.07, 6.45) is 0. The third-order valence-corrected chi connectivity index (χ3v) is 2.94. The fourth-order valence-corrected chi connectivity index (χ4v) is 1.69. The second-order valence-electron chi connectivity index (χ2n) is 4.15. The van der Waals surface area contributed by atoms with Gasteiger partial charge in [0.1, 0.15) is 11.4 Å². The Kier molecular flexibility index (Phi) is 3.39. The van der Waals surface area contributed by atoms with Gasteiger partial charge in [-0.25, -0.2) is 4.98 Å². The van der Waals surface area contributed by atoms with Crippen molar-refractivity contribution in [3.63, 3.8) is 0 Å². The highest BCUT2D eigenvalue weighted by atomic mass is 35.5. The fraction of sp³-hybridized carbons (Fsp3) is 0.231. The lowest BCUT2D eigenvalue weighted by atomic mass is 10.1.